The van der Waals surface area contributed by atoms with Crippen molar-refractivity contribution >= 4 is 0 Å². The predicted molar refractivity (Wildman–Crippen MR) is 45.5 cm³/mol. The molecule has 0 saturated carbocycles. The third-order valence-electron chi connectivity index (χ3n) is 0.653. The second-order valence-electron chi connectivity index (χ2n) is 2.04. The summed E-state index contributed by atoms with van der Waals surface area (Å²) in [5.41, 5.74) is 1.09. The molecule has 0 rings (SSSR count). The van der Waals surface area contributed by atoms with Crippen molar-refractivity contribution in [3.05, 3.63) is 12.2 Å². The minimum atomic E-state index is -0.125. The van der Waals surface area contributed by atoms with E-state index in [2.05, 4.69) is 6.58 Å². The molecule has 0 aliphatic carbocycles. The van der Waals surface area contributed by atoms with Crippen LogP contribution < -0.4 is 0 Å². The standard InChI is InChI=1S/C6H12O.C2H6O2/c1-4-7-5-6(2)3;3-1-2-4/h2,4-5H2,1,3H3;3-4H,1-2H2. The first kappa shape index (κ1) is 13.2. The fourth-order valence-corrected chi connectivity index (χ4v) is 0.276. The first-order chi connectivity index (χ1) is 5.18. The summed E-state index contributed by atoms with van der Waals surface area (Å²) in [6.07, 6.45) is 0. The molecule has 0 heterocycles. The van der Waals surface area contributed by atoms with Gasteiger partial charge in [0, 0.05) is 6.61 Å². The van der Waals surface area contributed by atoms with Crippen LogP contribution in [0.25, 0.3) is 0 Å². The second-order valence-corrected chi connectivity index (χ2v) is 2.04. The summed E-state index contributed by atoms with van der Waals surface area (Å²) in [5, 5.41) is 15.2. The number of aliphatic hydroxyl groups excluding tert-OH is 2. The molecule has 3 heteroatoms. The van der Waals surface area contributed by atoms with E-state index in [1.54, 1.807) is 0 Å². The normalized spacial score (nSPS) is 8.36. The van der Waals surface area contributed by atoms with E-state index in [-0.39, 0.29) is 13.2 Å². The molecule has 3 nitrogen and oxygen atoms in total. The van der Waals surface area contributed by atoms with Gasteiger partial charge in [0.15, 0.2) is 0 Å². The highest BCUT2D eigenvalue weighted by Crippen LogP contribution is 1.85. The molecule has 0 aliphatic rings. The molecule has 0 unspecified atom stereocenters. The number of aliphatic hydroxyl groups is 2. The molecule has 0 aromatic carbocycles. The Morgan fingerprint density at radius 1 is 1.36 bits per heavy atom. The number of hydrogen-bond acceptors (Lipinski definition) is 3. The lowest BCUT2D eigenvalue weighted by Crippen LogP contribution is -1.92. The Bertz CT molecular complexity index is 79.4. The molecule has 0 aromatic heterocycles. The Kier molecular flexibility index (Phi) is 14.8. The lowest BCUT2D eigenvalue weighted by molar-refractivity contribution is 0.171. The highest BCUT2D eigenvalue weighted by molar-refractivity contribution is 4.87. The van der Waals surface area contributed by atoms with E-state index in [0.717, 1.165) is 12.2 Å². The molecule has 0 aliphatic heterocycles. The van der Waals surface area contributed by atoms with Crippen LogP contribution in [-0.4, -0.2) is 36.6 Å². The lowest BCUT2D eigenvalue weighted by atomic mass is 10.4. The van der Waals surface area contributed by atoms with Crippen LogP contribution >= 0.6 is 0 Å². The maximum absolute atomic E-state index is 7.62. The third-order valence-corrected chi connectivity index (χ3v) is 0.653. The van der Waals surface area contributed by atoms with Crippen molar-refractivity contribution in [3.63, 3.8) is 0 Å². The van der Waals surface area contributed by atoms with Gasteiger partial charge in [-0.3, -0.25) is 0 Å². The van der Waals surface area contributed by atoms with Gasteiger partial charge in [0.25, 0.3) is 0 Å². The monoisotopic (exact) mass is 162 g/mol. The van der Waals surface area contributed by atoms with Crippen molar-refractivity contribution in [1.29, 1.82) is 0 Å². The van der Waals surface area contributed by atoms with Crippen molar-refractivity contribution in [3.8, 4) is 0 Å². The molecule has 0 aromatic rings. The van der Waals surface area contributed by atoms with Crippen LogP contribution in [0.4, 0.5) is 0 Å². The average molecular weight is 162 g/mol. The molecular weight excluding hydrogens is 144 g/mol. The van der Waals surface area contributed by atoms with Crippen LogP contribution in [-0.2, 0) is 4.74 Å². The zero-order chi connectivity index (χ0) is 9.11. The van der Waals surface area contributed by atoms with E-state index in [0.29, 0.717) is 6.61 Å². The van der Waals surface area contributed by atoms with E-state index in [1.807, 2.05) is 13.8 Å². The summed E-state index contributed by atoms with van der Waals surface area (Å²) in [7, 11) is 0. The van der Waals surface area contributed by atoms with E-state index >= 15 is 0 Å². The Hall–Kier alpha value is -0.380. The number of rotatable bonds is 4. The molecule has 68 valence electrons. The van der Waals surface area contributed by atoms with Gasteiger partial charge in [-0.15, -0.1) is 0 Å². The molecule has 0 atom stereocenters. The smallest absolute Gasteiger partial charge is 0.0671 e. The summed E-state index contributed by atoms with van der Waals surface area (Å²) in [5.74, 6) is 0. The third kappa shape index (κ3) is 26.2. The van der Waals surface area contributed by atoms with Crippen molar-refractivity contribution in [2.24, 2.45) is 0 Å². The fraction of sp³-hybridized carbons (Fsp3) is 0.750. The second kappa shape index (κ2) is 12.3. The molecule has 0 radical (unpaired) electrons. The lowest BCUT2D eigenvalue weighted by Gasteiger charge is -1.95. The maximum Gasteiger partial charge on any atom is 0.0671 e. The SMILES string of the molecule is C=C(C)COCC.OCCO. The Morgan fingerprint density at radius 3 is 1.91 bits per heavy atom. The van der Waals surface area contributed by atoms with Gasteiger partial charge >= 0.3 is 0 Å². The summed E-state index contributed by atoms with van der Waals surface area (Å²) in [4.78, 5) is 0. The van der Waals surface area contributed by atoms with Crippen molar-refractivity contribution in [1.82, 2.24) is 0 Å². The van der Waals surface area contributed by atoms with E-state index in [4.69, 9.17) is 14.9 Å². The molecule has 11 heavy (non-hydrogen) atoms. The van der Waals surface area contributed by atoms with Gasteiger partial charge in [0.05, 0.1) is 19.8 Å². The van der Waals surface area contributed by atoms with Gasteiger partial charge in [-0.05, 0) is 13.8 Å². The van der Waals surface area contributed by atoms with Gasteiger partial charge in [-0.2, -0.15) is 0 Å². The molecular formula is C8H18O3. The molecule has 0 saturated heterocycles. The number of ether oxygens (including phenoxy) is 1. The van der Waals surface area contributed by atoms with Gasteiger partial charge in [0.2, 0.25) is 0 Å². The van der Waals surface area contributed by atoms with Crippen molar-refractivity contribution < 1.29 is 14.9 Å². The van der Waals surface area contributed by atoms with Crippen LogP contribution in [0, 0.1) is 0 Å². The van der Waals surface area contributed by atoms with Crippen LogP contribution in [0.1, 0.15) is 13.8 Å². The van der Waals surface area contributed by atoms with Gasteiger partial charge < -0.3 is 14.9 Å². The topological polar surface area (TPSA) is 49.7 Å². The summed E-state index contributed by atoms with van der Waals surface area (Å²) in [6.45, 7) is 8.84. The Labute approximate surface area is 68.3 Å². The Balaban J connectivity index is 0. The van der Waals surface area contributed by atoms with E-state index in [9.17, 15) is 0 Å². The summed E-state index contributed by atoms with van der Waals surface area (Å²) >= 11 is 0. The zero-order valence-electron chi connectivity index (χ0n) is 7.34. The van der Waals surface area contributed by atoms with Crippen LogP contribution in [0.3, 0.4) is 0 Å². The molecule has 0 amide bonds. The highest BCUT2D eigenvalue weighted by atomic mass is 16.5. The molecule has 0 bridgehead atoms. The molecule has 0 spiro atoms. The molecule has 0 fully saturated rings. The first-order valence-electron chi connectivity index (χ1n) is 3.62. The Morgan fingerprint density at radius 2 is 1.82 bits per heavy atom. The fourth-order valence-electron chi connectivity index (χ4n) is 0.276. The first-order valence-corrected chi connectivity index (χ1v) is 3.62. The average Bonchev–Trinajstić information content (AvgIpc) is 2.01. The van der Waals surface area contributed by atoms with Crippen molar-refractivity contribution in [2.75, 3.05) is 26.4 Å². The van der Waals surface area contributed by atoms with Gasteiger partial charge in [-0.1, -0.05) is 12.2 Å². The molecule has 2 N–H and O–H groups in total. The van der Waals surface area contributed by atoms with Crippen molar-refractivity contribution in [2.45, 2.75) is 13.8 Å². The predicted octanol–water partition coefficient (Wildman–Crippen LogP) is 0.570. The van der Waals surface area contributed by atoms with Crippen LogP contribution in [0.15, 0.2) is 12.2 Å². The number of hydrogen-bond donors (Lipinski definition) is 2. The summed E-state index contributed by atoms with van der Waals surface area (Å²) < 4.78 is 5.00. The van der Waals surface area contributed by atoms with E-state index < -0.39 is 0 Å². The zero-order valence-corrected chi connectivity index (χ0v) is 7.34. The summed E-state index contributed by atoms with van der Waals surface area (Å²) in [6, 6.07) is 0. The van der Waals surface area contributed by atoms with Crippen LogP contribution in [0.5, 0.6) is 0 Å². The minimum absolute atomic E-state index is 0.125. The van der Waals surface area contributed by atoms with Gasteiger partial charge in [0.1, 0.15) is 0 Å². The quantitative estimate of drug-likeness (QED) is 0.594. The largest absolute Gasteiger partial charge is 0.394 e. The minimum Gasteiger partial charge on any atom is -0.394 e. The maximum atomic E-state index is 7.62. The van der Waals surface area contributed by atoms with Crippen LogP contribution in [0.2, 0.25) is 0 Å². The van der Waals surface area contributed by atoms with Gasteiger partial charge in [-0.25, -0.2) is 0 Å². The van der Waals surface area contributed by atoms with E-state index in [1.165, 1.54) is 0 Å². The highest BCUT2D eigenvalue weighted by Gasteiger charge is 1.79.